The molecule has 1 fully saturated rings. The number of pyridine rings is 1. The van der Waals surface area contributed by atoms with Gasteiger partial charge in [-0.3, -0.25) is 9.88 Å². The van der Waals surface area contributed by atoms with Crippen LogP contribution in [0.5, 0.6) is 5.75 Å². The molecular formula is C15H25N3O2. The van der Waals surface area contributed by atoms with Crippen LogP contribution in [0.4, 0.5) is 0 Å². The Morgan fingerprint density at radius 2 is 2.30 bits per heavy atom. The number of hydrogen-bond donors (Lipinski definition) is 1. The average molecular weight is 279 g/mol. The maximum Gasteiger partial charge on any atom is 0.142 e. The predicted molar refractivity (Wildman–Crippen MR) is 79.0 cm³/mol. The van der Waals surface area contributed by atoms with Crippen molar-refractivity contribution in [1.29, 1.82) is 0 Å². The number of nitrogens with zero attached hydrogens (tertiary/aromatic N) is 2. The van der Waals surface area contributed by atoms with Gasteiger partial charge in [-0.25, -0.2) is 0 Å². The Labute approximate surface area is 121 Å². The van der Waals surface area contributed by atoms with Crippen LogP contribution in [0.25, 0.3) is 0 Å². The van der Waals surface area contributed by atoms with Crippen LogP contribution in [-0.4, -0.2) is 55.9 Å². The minimum absolute atomic E-state index is 0.0349. The van der Waals surface area contributed by atoms with Crippen molar-refractivity contribution < 1.29 is 9.47 Å². The fraction of sp³-hybridized carbons (Fsp3) is 0.667. The molecule has 1 aromatic rings. The molecule has 2 atom stereocenters. The van der Waals surface area contributed by atoms with Crippen molar-refractivity contribution in [3.05, 3.63) is 24.0 Å². The van der Waals surface area contributed by atoms with Crippen LogP contribution in [0.1, 0.15) is 25.6 Å². The number of rotatable bonds is 5. The lowest BCUT2D eigenvalue weighted by molar-refractivity contribution is -0.0559. The molecule has 1 aromatic heterocycles. The summed E-state index contributed by atoms with van der Waals surface area (Å²) in [6, 6.07) is 4.39. The molecule has 5 nitrogen and oxygen atoms in total. The summed E-state index contributed by atoms with van der Waals surface area (Å²) in [7, 11) is 3.62. The molecule has 5 heteroatoms. The Hall–Kier alpha value is -1.17. The van der Waals surface area contributed by atoms with Crippen molar-refractivity contribution in [1.82, 2.24) is 15.2 Å². The van der Waals surface area contributed by atoms with Crippen LogP contribution in [-0.2, 0) is 4.74 Å². The molecule has 2 unspecified atom stereocenters. The van der Waals surface area contributed by atoms with E-state index in [1.807, 2.05) is 19.2 Å². The molecule has 1 N–H and O–H groups in total. The highest BCUT2D eigenvalue weighted by Gasteiger charge is 2.31. The van der Waals surface area contributed by atoms with Gasteiger partial charge in [-0.1, -0.05) is 0 Å². The number of morpholine rings is 1. The van der Waals surface area contributed by atoms with Gasteiger partial charge in [0.05, 0.1) is 25.9 Å². The Balaban J connectivity index is 2.19. The molecule has 0 saturated carbocycles. The number of methoxy groups -OCH3 is 1. The Kier molecular flexibility index (Phi) is 5.34. The summed E-state index contributed by atoms with van der Waals surface area (Å²) >= 11 is 0. The number of ether oxygens (including phenoxy) is 2. The second-order valence-corrected chi connectivity index (χ2v) is 5.36. The van der Waals surface area contributed by atoms with Gasteiger partial charge in [0.2, 0.25) is 0 Å². The molecule has 1 saturated heterocycles. The molecule has 1 aliphatic rings. The van der Waals surface area contributed by atoms with E-state index in [0.29, 0.717) is 6.04 Å². The molecule has 20 heavy (non-hydrogen) atoms. The third-order valence-electron chi connectivity index (χ3n) is 3.85. The van der Waals surface area contributed by atoms with Gasteiger partial charge in [0.1, 0.15) is 11.4 Å². The van der Waals surface area contributed by atoms with Gasteiger partial charge in [-0.2, -0.15) is 0 Å². The molecule has 0 bridgehead atoms. The zero-order valence-electron chi connectivity index (χ0n) is 12.8. The first kappa shape index (κ1) is 15.2. The van der Waals surface area contributed by atoms with E-state index in [-0.39, 0.29) is 12.1 Å². The fourth-order valence-electron chi connectivity index (χ4n) is 2.67. The summed E-state index contributed by atoms with van der Waals surface area (Å²) in [5.74, 6) is 0.803. The van der Waals surface area contributed by atoms with Crippen molar-refractivity contribution in [2.75, 3.05) is 33.9 Å². The van der Waals surface area contributed by atoms with Crippen LogP contribution in [0, 0.1) is 0 Å². The zero-order chi connectivity index (χ0) is 14.5. The molecule has 0 aromatic carbocycles. The van der Waals surface area contributed by atoms with E-state index < -0.39 is 0 Å². The third kappa shape index (κ3) is 3.29. The summed E-state index contributed by atoms with van der Waals surface area (Å²) in [5, 5.41) is 3.33. The molecule has 0 amide bonds. The van der Waals surface area contributed by atoms with Crippen LogP contribution >= 0.6 is 0 Å². The minimum atomic E-state index is 0.0349. The molecule has 1 aliphatic heterocycles. The van der Waals surface area contributed by atoms with Crippen molar-refractivity contribution in [2.45, 2.75) is 32.0 Å². The standard InChI is InChI=1S/C15H25N3O2/c1-11(2)18-8-9-20-13(10-18)14(16-3)15-12(19-4)6-5-7-17-15/h5-7,11,13-14,16H,8-10H2,1-4H3. The van der Waals surface area contributed by atoms with Gasteiger partial charge < -0.3 is 14.8 Å². The molecule has 112 valence electrons. The lowest BCUT2D eigenvalue weighted by Gasteiger charge is -2.38. The van der Waals surface area contributed by atoms with E-state index in [2.05, 4.69) is 29.0 Å². The van der Waals surface area contributed by atoms with Gasteiger partial charge in [-0.15, -0.1) is 0 Å². The zero-order valence-corrected chi connectivity index (χ0v) is 12.8. The van der Waals surface area contributed by atoms with Crippen molar-refractivity contribution >= 4 is 0 Å². The largest absolute Gasteiger partial charge is 0.495 e. The molecule has 2 rings (SSSR count). The number of likely N-dealkylation sites (N-methyl/N-ethyl adjacent to an activating group) is 1. The SMILES string of the molecule is CNC(c1ncccc1OC)C1CN(C(C)C)CCO1. The van der Waals surface area contributed by atoms with Crippen LogP contribution < -0.4 is 10.1 Å². The number of nitrogens with one attached hydrogen (secondary N) is 1. The lowest BCUT2D eigenvalue weighted by Crippen LogP contribution is -2.50. The average Bonchev–Trinajstić information content (AvgIpc) is 2.49. The van der Waals surface area contributed by atoms with Crippen LogP contribution in [0.3, 0.4) is 0 Å². The van der Waals surface area contributed by atoms with Crippen LogP contribution in [0.15, 0.2) is 18.3 Å². The Bertz CT molecular complexity index is 425. The molecule has 0 aliphatic carbocycles. The Morgan fingerprint density at radius 1 is 1.50 bits per heavy atom. The van der Waals surface area contributed by atoms with Gasteiger partial charge in [0.15, 0.2) is 0 Å². The monoisotopic (exact) mass is 279 g/mol. The van der Waals surface area contributed by atoms with Crippen molar-refractivity contribution in [2.24, 2.45) is 0 Å². The van der Waals surface area contributed by atoms with E-state index in [4.69, 9.17) is 9.47 Å². The predicted octanol–water partition coefficient (Wildman–Crippen LogP) is 1.46. The third-order valence-corrected chi connectivity index (χ3v) is 3.85. The topological polar surface area (TPSA) is 46.6 Å². The second-order valence-electron chi connectivity index (χ2n) is 5.36. The first-order chi connectivity index (χ1) is 9.67. The first-order valence-corrected chi connectivity index (χ1v) is 7.19. The van der Waals surface area contributed by atoms with E-state index in [1.54, 1.807) is 13.3 Å². The summed E-state index contributed by atoms with van der Waals surface area (Å²) in [6.45, 7) is 7.10. The van der Waals surface area contributed by atoms with Crippen LogP contribution in [0.2, 0.25) is 0 Å². The van der Waals surface area contributed by atoms with Gasteiger partial charge in [0.25, 0.3) is 0 Å². The van der Waals surface area contributed by atoms with Crippen molar-refractivity contribution in [3.63, 3.8) is 0 Å². The first-order valence-electron chi connectivity index (χ1n) is 7.19. The second kappa shape index (κ2) is 7.02. The number of hydrogen-bond acceptors (Lipinski definition) is 5. The normalized spacial score (nSPS) is 21.9. The lowest BCUT2D eigenvalue weighted by atomic mass is 10.0. The van der Waals surface area contributed by atoms with E-state index >= 15 is 0 Å². The molecule has 2 heterocycles. The van der Waals surface area contributed by atoms with E-state index in [1.165, 1.54) is 0 Å². The number of aromatic nitrogens is 1. The summed E-state index contributed by atoms with van der Waals surface area (Å²) in [4.78, 5) is 6.92. The quantitative estimate of drug-likeness (QED) is 0.884. The highest BCUT2D eigenvalue weighted by atomic mass is 16.5. The molecule has 0 spiro atoms. The van der Waals surface area contributed by atoms with Crippen molar-refractivity contribution in [3.8, 4) is 5.75 Å². The summed E-state index contributed by atoms with van der Waals surface area (Å²) in [5.41, 5.74) is 0.910. The molecular weight excluding hydrogens is 254 g/mol. The van der Waals surface area contributed by atoms with Gasteiger partial charge in [0, 0.05) is 25.3 Å². The summed E-state index contributed by atoms with van der Waals surface area (Å²) < 4.78 is 11.4. The smallest absolute Gasteiger partial charge is 0.142 e. The van der Waals surface area contributed by atoms with Gasteiger partial charge in [-0.05, 0) is 33.0 Å². The van der Waals surface area contributed by atoms with Gasteiger partial charge >= 0.3 is 0 Å². The molecule has 0 radical (unpaired) electrons. The Morgan fingerprint density at radius 3 is 2.95 bits per heavy atom. The maximum atomic E-state index is 5.97. The van der Waals surface area contributed by atoms with E-state index in [9.17, 15) is 0 Å². The highest BCUT2D eigenvalue weighted by molar-refractivity contribution is 5.30. The fourth-order valence-corrected chi connectivity index (χ4v) is 2.67. The minimum Gasteiger partial charge on any atom is -0.495 e. The summed E-state index contributed by atoms with van der Waals surface area (Å²) in [6.07, 6.45) is 1.88. The maximum absolute atomic E-state index is 5.97. The van der Waals surface area contributed by atoms with E-state index in [0.717, 1.165) is 31.1 Å². The highest BCUT2D eigenvalue weighted by Crippen LogP contribution is 2.28.